The van der Waals surface area contributed by atoms with E-state index in [1.54, 1.807) is 12.1 Å². The van der Waals surface area contributed by atoms with Crippen LogP contribution in [0.5, 0.6) is 23.0 Å². The molecule has 0 fully saturated rings. The molecule has 0 amide bonds. The maximum atomic E-state index is 9.24. The summed E-state index contributed by atoms with van der Waals surface area (Å²) in [5.41, 5.74) is 0.295. The number of benzene rings is 1. The Morgan fingerprint density at radius 3 is 1.46 bits per heavy atom. The molecule has 0 bridgehead atoms. The van der Waals surface area contributed by atoms with E-state index in [9.17, 15) is 10.5 Å². The van der Waals surface area contributed by atoms with Crippen LogP contribution in [0.4, 0.5) is 0 Å². The summed E-state index contributed by atoms with van der Waals surface area (Å²) >= 11 is 11.8. The van der Waals surface area contributed by atoms with Gasteiger partial charge in [-0.05, 0) is 0 Å². The Hall–Kier alpha value is -3.32. The molecule has 0 radical (unpaired) electrons. The molecular weight excluding hydrogens is 375 g/mol. The van der Waals surface area contributed by atoms with Gasteiger partial charge in [0.25, 0.3) is 0 Å². The topological polar surface area (TPSA) is 91.8 Å². The molecule has 3 aromatic rings. The van der Waals surface area contributed by atoms with E-state index in [1.807, 2.05) is 12.1 Å². The molecule has 3 rings (SSSR count). The third-order valence-corrected chi connectivity index (χ3v) is 3.55. The minimum Gasteiger partial charge on any atom is -0.452 e. The van der Waals surface area contributed by atoms with E-state index in [-0.39, 0.29) is 22.6 Å². The van der Waals surface area contributed by atoms with Crippen LogP contribution in [-0.2, 0) is 0 Å². The normalized spacial score (nSPS) is 9.85. The molecule has 2 heterocycles. The number of rotatable bonds is 4. The van der Waals surface area contributed by atoms with Gasteiger partial charge in [0.05, 0.1) is 33.6 Å². The van der Waals surface area contributed by atoms with Gasteiger partial charge in [-0.2, -0.15) is 10.5 Å². The largest absolute Gasteiger partial charge is 0.452 e. The van der Waals surface area contributed by atoms with Gasteiger partial charge in [0.1, 0.15) is 23.6 Å². The molecule has 0 N–H and O–H groups in total. The zero-order valence-electron chi connectivity index (χ0n) is 13.0. The van der Waals surface area contributed by atoms with Gasteiger partial charge in [0.2, 0.25) is 0 Å². The van der Waals surface area contributed by atoms with Crippen LogP contribution in [0.15, 0.2) is 49.1 Å². The van der Waals surface area contributed by atoms with Crippen molar-refractivity contribution in [2.24, 2.45) is 0 Å². The molecule has 2 aromatic heterocycles. The average molecular weight is 383 g/mol. The van der Waals surface area contributed by atoms with Gasteiger partial charge in [-0.1, -0.05) is 23.2 Å². The fourth-order valence-electron chi connectivity index (χ4n) is 2.05. The first-order chi connectivity index (χ1) is 12.6. The van der Waals surface area contributed by atoms with Crippen LogP contribution in [0.1, 0.15) is 11.1 Å². The monoisotopic (exact) mass is 382 g/mol. The summed E-state index contributed by atoms with van der Waals surface area (Å²) in [6.45, 7) is 0. The SMILES string of the molecule is N#Cc1cc(Oc2cncc(Cl)c2)c(Oc2cncc(Cl)c2)cc1C#N. The lowest BCUT2D eigenvalue weighted by Crippen LogP contribution is -1.95. The number of hydrogen-bond donors (Lipinski definition) is 0. The predicted molar refractivity (Wildman–Crippen MR) is 94.5 cm³/mol. The molecule has 0 aliphatic carbocycles. The number of hydrogen-bond acceptors (Lipinski definition) is 6. The van der Waals surface area contributed by atoms with Gasteiger partial charge in [0, 0.05) is 36.7 Å². The van der Waals surface area contributed by atoms with E-state index in [0.717, 1.165) is 0 Å². The van der Waals surface area contributed by atoms with E-state index >= 15 is 0 Å². The summed E-state index contributed by atoms with van der Waals surface area (Å²) in [6, 6.07) is 9.84. The molecule has 0 spiro atoms. The zero-order chi connectivity index (χ0) is 18.5. The maximum absolute atomic E-state index is 9.24. The molecular formula is C18H8Cl2N4O2. The van der Waals surface area contributed by atoms with E-state index in [4.69, 9.17) is 32.7 Å². The van der Waals surface area contributed by atoms with Gasteiger partial charge >= 0.3 is 0 Å². The van der Waals surface area contributed by atoms with Crippen LogP contribution in [0, 0.1) is 22.7 Å². The molecule has 0 saturated carbocycles. The van der Waals surface area contributed by atoms with Gasteiger partial charge in [0.15, 0.2) is 11.5 Å². The van der Waals surface area contributed by atoms with Crippen molar-refractivity contribution in [3.63, 3.8) is 0 Å². The highest BCUT2D eigenvalue weighted by Gasteiger charge is 2.15. The van der Waals surface area contributed by atoms with Crippen molar-refractivity contribution < 1.29 is 9.47 Å². The van der Waals surface area contributed by atoms with Crippen molar-refractivity contribution in [1.29, 1.82) is 10.5 Å². The molecule has 0 aliphatic rings. The van der Waals surface area contributed by atoms with Crippen LogP contribution < -0.4 is 9.47 Å². The Morgan fingerprint density at radius 1 is 0.692 bits per heavy atom. The Bertz CT molecular complexity index is 973. The Morgan fingerprint density at radius 2 is 1.12 bits per heavy atom. The minimum atomic E-state index is 0.147. The van der Waals surface area contributed by atoms with Crippen molar-refractivity contribution >= 4 is 23.2 Å². The third-order valence-electron chi connectivity index (χ3n) is 3.14. The number of pyridine rings is 2. The van der Waals surface area contributed by atoms with Crippen molar-refractivity contribution in [1.82, 2.24) is 9.97 Å². The quantitative estimate of drug-likeness (QED) is 0.622. The van der Waals surface area contributed by atoms with Crippen LogP contribution in [0.2, 0.25) is 10.0 Å². The van der Waals surface area contributed by atoms with Gasteiger partial charge in [-0.25, -0.2) is 0 Å². The summed E-state index contributed by atoms with van der Waals surface area (Å²) < 4.78 is 11.5. The van der Waals surface area contributed by atoms with E-state index in [2.05, 4.69) is 9.97 Å². The molecule has 26 heavy (non-hydrogen) atoms. The number of nitrogens with zero attached hydrogens (tertiary/aromatic N) is 4. The van der Waals surface area contributed by atoms with Gasteiger partial charge < -0.3 is 9.47 Å². The Balaban J connectivity index is 2.05. The number of ether oxygens (including phenoxy) is 2. The Labute approximate surface area is 158 Å². The van der Waals surface area contributed by atoms with E-state index < -0.39 is 0 Å². The summed E-state index contributed by atoms with van der Waals surface area (Å²) in [5, 5.41) is 19.3. The molecule has 0 saturated heterocycles. The van der Waals surface area contributed by atoms with E-state index in [1.165, 1.54) is 36.9 Å². The molecule has 6 nitrogen and oxygen atoms in total. The fourth-order valence-corrected chi connectivity index (χ4v) is 2.38. The number of aromatic nitrogens is 2. The summed E-state index contributed by atoms with van der Waals surface area (Å²) in [5.74, 6) is 1.12. The minimum absolute atomic E-state index is 0.147. The zero-order valence-corrected chi connectivity index (χ0v) is 14.5. The third kappa shape index (κ3) is 4.01. The smallest absolute Gasteiger partial charge is 0.171 e. The van der Waals surface area contributed by atoms with Gasteiger partial charge in [-0.3, -0.25) is 9.97 Å². The summed E-state index contributed by atoms with van der Waals surface area (Å²) in [7, 11) is 0. The lowest BCUT2D eigenvalue weighted by molar-refractivity contribution is 0.416. The number of halogens is 2. The van der Waals surface area contributed by atoms with Crippen molar-refractivity contribution in [3.05, 3.63) is 70.2 Å². The second-order valence-electron chi connectivity index (χ2n) is 4.95. The fraction of sp³-hybridized carbons (Fsp3) is 0. The standard InChI is InChI=1S/C18H8Cl2N4O2/c19-13-3-15(9-23-7-13)25-17-1-11(5-21)12(6-22)2-18(17)26-16-4-14(20)8-24-10-16/h1-4,7-10H. The average Bonchev–Trinajstić information content (AvgIpc) is 2.62. The highest BCUT2D eigenvalue weighted by atomic mass is 35.5. The molecule has 0 aliphatic heterocycles. The Kier molecular flexibility index (Phi) is 5.19. The number of nitriles is 2. The van der Waals surface area contributed by atoms with Crippen molar-refractivity contribution in [2.75, 3.05) is 0 Å². The highest BCUT2D eigenvalue weighted by molar-refractivity contribution is 6.30. The summed E-state index contributed by atoms with van der Waals surface area (Å²) in [6.07, 6.45) is 5.84. The van der Waals surface area contributed by atoms with Crippen molar-refractivity contribution in [2.45, 2.75) is 0 Å². The van der Waals surface area contributed by atoms with Gasteiger partial charge in [-0.15, -0.1) is 0 Å². The maximum Gasteiger partial charge on any atom is 0.171 e. The van der Waals surface area contributed by atoms with Crippen LogP contribution in [-0.4, -0.2) is 9.97 Å². The van der Waals surface area contributed by atoms with Crippen LogP contribution in [0.3, 0.4) is 0 Å². The first-order valence-corrected chi connectivity index (χ1v) is 7.89. The second kappa shape index (κ2) is 7.71. The molecule has 126 valence electrons. The first-order valence-electron chi connectivity index (χ1n) is 7.14. The molecule has 0 atom stereocenters. The van der Waals surface area contributed by atoms with Crippen LogP contribution >= 0.6 is 23.2 Å². The second-order valence-corrected chi connectivity index (χ2v) is 5.82. The van der Waals surface area contributed by atoms with Crippen molar-refractivity contribution in [3.8, 4) is 35.1 Å². The molecule has 8 heteroatoms. The lowest BCUT2D eigenvalue weighted by atomic mass is 10.1. The van der Waals surface area contributed by atoms with E-state index in [0.29, 0.717) is 21.5 Å². The summed E-state index contributed by atoms with van der Waals surface area (Å²) in [4.78, 5) is 7.88. The lowest BCUT2D eigenvalue weighted by Gasteiger charge is -2.13. The first kappa shape index (κ1) is 17.5. The predicted octanol–water partition coefficient (Wildman–Crippen LogP) is 5.11. The van der Waals surface area contributed by atoms with Crippen LogP contribution in [0.25, 0.3) is 0 Å². The molecule has 0 unspecified atom stereocenters. The highest BCUT2D eigenvalue weighted by Crippen LogP contribution is 2.37. The molecule has 1 aromatic carbocycles.